The number of aromatic nitrogens is 1. The molecule has 4 nitrogen and oxygen atoms in total. The van der Waals surface area contributed by atoms with Crippen LogP contribution in [0.2, 0.25) is 0 Å². The number of amides is 1. The average molecular weight is 272 g/mol. The van der Waals surface area contributed by atoms with Gasteiger partial charge in [-0.2, -0.15) is 0 Å². The van der Waals surface area contributed by atoms with Gasteiger partial charge in [0, 0.05) is 25.0 Å². The van der Waals surface area contributed by atoms with Gasteiger partial charge in [-0.3, -0.25) is 9.78 Å². The molecule has 0 aliphatic heterocycles. The van der Waals surface area contributed by atoms with E-state index < -0.39 is 6.04 Å². The van der Waals surface area contributed by atoms with Gasteiger partial charge in [0.2, 0.25) is 5.91 Å². The number of nitrogens with two attached hydrogens (primary N) is 1. The van der Waals surface area contributed by atoms with Crippen LogP contribution in [-0.4, -0.2) is 27.9 Å². The lowest BCUT2D eigenvalue weighted by Crippen LogP contribution is -2.46. The third-order valence-corrected chi connectivity index (χ3v) is 2.74. The van der Waals surface area contributed by atoms with Crippen molar-refractivity contribution in [3.05, 3.63) is 30.1 Å². The third-order valence-electron chi connectivity index (χ3n) is 2.74. The Kier molecular flexibility index (Phi) is 7.55. The maximum Gasteiger partial charge on any atom is 0.240 e. The van der Waals surface area contributed by atoms with Crippen molar-refractivity contribution in [2.45, 2.75) is 45.8 Å². The summed E-state index contributed by atoms with van der Waals surface area (Å²) < 4.78 is 0. The second-order valence-corrected chi connectivity index (χ2v) is 4.44. The lowest BCUT2D eigenvalue weighted by atomic mass is 10.1. The summed E-state index contributed by atoms with van der Waals surface area (Å²) in [5.74, 6) is 0.00588. The molecule has 2 N–H and O–H groups in total. The van der Waals surface area contributed by atoms with E-state index in [2.05, 4.69) is 4.98 Å². The number of hydrogen-bond donors (Lipinski definition) is 1. The van der Waals surface area contributed by atoms with Gasteiger partial charge in [0.15, 0.2) is 0 Å². The number of nitrogens with zero attached hydrogens (tertiary/aromatic N) is 2. The Morgan fingerprint density at radius 2 is 2.17 bits per heavy atom. The van der Waals surface area contributed by atoms with Gasteiger partial charge in [0.25, 0.3) is 0 Å². The zero-order valence-electron chi connectivity index (χ0n) is 11.2. The molecule has 0 fully saturated rings. The first kappa shape index (κ1) is 16.9. The van der Waals surface area contributed by atoms with Crippen LogP contribution in [0.15, 0.2) is 24.5 Å². The van der Waals surface area contributed by atoms with Gasteiger partial charge in [-0.05, 0) is 31.9 Å². The largest absolute Gasteiger partial charge is 0.335 e. The quantitative estimate of drug-likeness (QED) is 0.891. The molecular formula is C13H22ClN3O. The van der Waals surface area contributed by atoms with Crippen molar-refractivity contribution in [1.82, 2.24) is 9.88 Å². The van der Waals surface area contributed by atoms with Crippen molar-refractivity contribution in [2.24, 2.45) is 5.73 Å². The molecule has 1 atom stereocenters. The molecule has 1 heterocycles. The van der Waals surface area contributed by atoms with Gasteiger partial charge in [-0.25, -0.2) is 0 Å². The van der Waals surface area contributed by atoms with E-state index in [0.717, 1.165) is 5.56 Å². The van der Waals surface area contributed by atoms with E-state index in [4.69, 9.17) is 5.73 Å². The molecule has 0 spiro atoms. The van der Waals surface area contributed by atoms with Crippen molar-refractivity contribution in [3.63, 3.8) is 0 Å². The minimum Gasteiger partial charge on any atom is -0.335 e. The minimum absolute atomic E-state index is 0. The van der Waals surface area contributed by atoms with Crippen molar-refractivity contribution in [3.8, 4) is 0 Å². The standard InChI is InChI=1S/C13H21N3O.ClH/c1-4-12(14)13(17)16(10(2)3)9-11-6-5-7-15-8-11;/h5-8,10,12H,4,9,14H2,1-3H3;1H/t12-;/m0./s1. The van der Waals surface area contributed by atoms with Gasteiger partial charge < -0.3 is 10.6 Å². The first-order valence-electron chi connectivity index (χ1n) is 6.01. The zero-order chi connectivity index (χ0) is 12.8. The fraction of sp³-hybridized carbons (Fsp3) is 0.538. The molecule has 5 heteroatoms. The van der Waals surface area contributed by atoms with Crippen LogP contribution >= 0.6 is 12.4 Å². The molecule has 0 unspecified atom stereocenters. The highest BCUT2D eigenvalue weighted by atomic mass is 35.5. The minimum atomic E-state index is -0.408. The number of carbonyl (C=O) groups excluding carboxylic acids is 1. The maximum atomic E-state index is 12.1. The van der Waals surface area contributed by atoms with Crippen molar-refractivity contribution in [1.29, 1.82) is 0 Å². The van der Waals surface area contributed by atoms with E-state index in [1.165, 1.54) is 0 Å². The highest BCUT2D eigenvalue weighted by molar-refractivity contribution is 5.85. The van der Waals surface area contributed by atoms with Crippen LogP contribution in [0.3, 0.4) is 0 Å². The van der Waals surface area contributed by atoms with Gasteiger partial charge in [-0.15, -0.1) is 12.4 Å². The monoisotopic (exact) mass is 271 g/mol. The number of pyridine rings is 1. The molecule has 18 heavy (non-hydrogen) atoms. The second-order valence-electron chi connectivity index (χ2n) is 4.44. The zero-order valence-corrected chi connectivity index (χ0v) is 12.0. The smallest absolute Gasteiger partial charge is 0.240 e. The summed E-state index contributed by atoms with van der Waals surface area (Å²) in [5, 5.41) is 0. The van der Waals surface area contributed by atoms with E-state index in [-0.39, 0.29) is 24.4 Å². The normalized spacial score (nSPS) is 11.8. The van der Waals surface area contributed by atoms with Gasteiger partial charge >= 0.3 is 0 Å². The second kappa shape index (κ2) is 8.06. The molecule has 0 saturated heterocycles. The van der Waals surface area contributed by atoms with Crippen LogP contribution in [0.5, 0.6) is 0 Å². The topological polar surface area (TPSA) is 59.2 Å². The molecule has 102 valence electrons. The Balaban J connectivity index is 0.00000289. The first-order chi connectivity index (χ1) is 8.06. The maximum absolute atomic E-state index is 12.1. The summed E-state index contributed by atoms with van der Waals surface area (Å²) in [4.78, 5) is 17.9. The van der Waals surface area contributed by atoms with Crippen molar-refractivity contribution in [2.75, 3.05) is 0 Å². The molecule has 0 aliphatic carbocycles. The van der Waals surface area contributed by atoms with Gasteiger partial charge in [0.1, 0.15) is 0 Å². The fourth-order valence-corrected chi connectivity index (χ4v) is 1.59. The fourth-order valence-electron chi connectivity index (χ4n) is 1.59. The molecule has 1 aromatic rings. The van der Waals surface area contributed by atoms with E-state index in [1.807, 2.05) is 32.9 Å². The molecule has 0 saturated carbocycles. The summed E-state index contributed by atoms with van der Waals surface area (Å²) in [7, 11) is 0. The highest BCUT2D eigenvalue weighted by Gasteiger charge is 2.22. The van der Waals surface area contributed by atoms with Crippen LogP contribution in [0.25, 0.3) is 0 Å². The first-order valence-corrected chi connectivity index (χ1v) is 6.01. The Bertz CT molecular complexity index is 357. The molecule has 0 aromatic carbocycles. The summed E-state index contributed by atoms with van der Waals surface area (Å²) in [6.07, 6.45) is 4.16. The predicted molar refractivity (Wildman–Crippen MR) is 75.4 cm³/mol. The Morgan fingerprint density at radius 1 is 1.50 bits per heavy atom. The SMILES string of the molecule is CC[C@H](N)C(=O)N(Cc1cccnc1)C(C)C.Cl. The van der Waals surface area contributed by atoms with Crippen LogP contribution in [0, 0.1) is 0 Å². The summed E-state index contributed by atoms with van der Waals surface area (Å²) >= 11 is 0. The summed E-state index contributed by atoms with van der Waals surface area (Å²) in [6, 6.07) is 3.57. The molecule has 0 aliphatic rings. The van der Waals surface area contributed by atoms with E-state index >= 15 is 0 Å². The summed E-state index contributed by atoms with van der Waals surface area (Å²) in [6.45, 7) is 6.48. The molecule has 1 rings (SSSR count). The number of rotatable bonds is 5. The molecular weight excluding hydrogens is 250 g/mol. The van der Waals surface area contributed by atoms with Gasteiger partial charge in [-0.1, -0.05) is 13.0 Å². The summed E-state index contributed by atoms with van der Waals surface area (Å²) in [5.41, 5.74) is 6.83. The van der Waals surface area contributed by atoms with Crippen LogP contribution < -0.4 is 5.73 Å². The van der Waals surface area contributed by atoms with E-state index in [1.54, 1.807) is 17.3 Å². The molecule has 0 radical (unpaired) electrons. The van der Waals surface area contributed by atoms with Crippen molar-refractivity contribution < 1.29 is 4.79 Å². The van der Waals surface area contributed by atoms with Crippen molar-refractivity contribution >= 4 is 18.3 Å². The van der Waals surface area contributed by atoms with Crippen LogP contribution in [-0.2, 0) is 11.3 Å². The Hall–Kier alpha value is -1.13. The Morgan fingerprint density at radius 3 is 2.61 bits per heavy atom. The molecule has 0 bridgehead atoms. The lowest BCUT2D eigenvalue weighted by Gasteiger charge is -2.29. The highest BCUT2D eigenvalue weighted by Crippen LogP contribution is 2.09. The van der Waals surface area contributed by atoms with E-state index in [0.29, 0.717) is 13.0 Å². The van der Waals surface area contributed by atoms with Crippen LogP contribution in [0.1, 0.15) is 32.8 Å². The third kappa shape index (κ3) is 4.63. The lowest BCUT2D eigenvalue weighted by molar-refractivity contribution is -0.135. The van der Waals surface area contributed by atoms with E-state index in [9.17, 15) is 4.79 Å². The number of carbonyl (C=O) groups is 1. The number of halogens is 1. The predicted octanol–water partition coefficient (Wildman–Crippen LogP) is 1.98. The Labute approximate surface area is 115 Å². The number of hydrogen-bond acceptors (Lipinski definition) is 3. The average Bonchev–Trinajstić information content (AvgIpc) is 2.35. The molecule has 1 aromatic heterocycles. The van der Waals surface area contributed by atoms with Gasteiger partial charge in [0.05, 0.1) is 6.04 Å². The van der Waals surface area contributed by atoms with Crippen LogP contribution in [0.4, 0.5) is 0 Å². The molecule has 1 amide bonds.